The Morgan fingerprint density at radius 2 is 1.63 bits per heavy atom. The van der Waals surface area contributed by atoms with Gasteiger partial charge in [0.1, 0.15) is 6.07 Å². The number of nitriles is 1. The van der Waals surface area contributed by atoms with E-state index in [-0.39, 0.29) is 18.1 Å². The van der Waals surface area contributed by atoms with Crippen LogP contribution in [-0.2, 0) is 24.2 Å². The summed E-state index contributed by atoms with van der Waals surface area (Å²) in [5.74, 6) is 0. The van der Waals surface area contributed by atoms with Gasteiger partial charge in [0.15, 0.2) is 4.91 Å². The Labute approximate surface area is 208 Å². The molecule has 1 aliphatic heterocycles. The average Bonchev–Trinajstić information content (AvgIpc) is 2.87. The van der Waals surface area contributed by atoms with Gasteiger partial charge >= 0.3 is 0 Å². The maximum absolute atomic E-state index is 12.8. The van der Waals surface area contributed by atoms with Crippen molar-refractivity contribution in [3.8, 4) is 6.07 Å². The molecule has 0 radical (unpaired) electrons. The van der Waals surface area contributed by atoms with Crippen molar-refractivity contribution in [1.29, 1.82) is 5.26 Å². The van der Waals surface area contributed by atoms with E-state index in [1.54, 1.807) is 14.0 Å². The van der Waals surface area contributed by atoms with Gasteiger partial charge in [0.05, 0.1) is 33.0 Å². The van der Waals surface area contributed by atoms with Crippen molar-refractivity contribution < 1.29 is 22.6 Å². The van der Waals surface area contributed by atoms with Gasteiger partial charge in [-0.1, -0.05) is 18.2 Å². The van der Waals surface area contributed by atoms with Crippen LogP contribution in [0.4, 0.5) is 5.69 Å². The van der Waals surface area contributed by atoms with Crippen LogP contribution in [0.5, 0.6) is 0 Å². The molecule has 0 spiro atoms. The molecule has 1 aliphatic rings. The average molecular weight is 502 g/mol. The molecular weight excluding hydrogens is 466 g/mol. The third kappa shape index (κ3) is 7.75. The maximum Gasteiger partial charge on any atom is 0.251 e. The Morgan fingerprint density at radius 1 is 0.971 bits per heavy atom. The molecule has 3 rings (SSSR count). The number of anilines is 1. The smallest absolute Gasteiger partial charge is 0.251 e. The van der Waals surface area contributed by atoms with Crippen LogP contribution in [0.1, 0.15) is 31.7 Å². The van der Waals surface area contributed by atoms with Crippen LogP contribution < -0.4 is 9.62 Å². The zero-order valence-electron chi connectivity index (χ0n) is 20.6. The lowest BCUT2D eigenvalue weighted by Crippen LogP contribution is -2.29. The molecule has 0 unspecified atom stereocenters. The van der Waals surface area contributed by atoms with Gasteiger partial charge in [0.2, 0.25) is 0 Å². The van der Waals surface area contributed by atoms with Crippen LogP contribution in [0.25, 0.3) is 16.3 Å². The molecule has 0 aliphatic carbocycles. The number of fused-ring (bicyclic) bond motifs is 1. The second-order valence-corrected chi connectivity index (χ2v) is 10.2. The van der Waals surface area contributed by atoms with E-state index >= 15 is 0 Å². The fourth-order valence-electron chi connectivity index (χ4n) is 4.08. The van der Waals surface area contributed by atoms with Gasteiger partial charge in [0.25, 0.3) is 10.0 Å². The summed E-state index contributed by atoms with van der Waals surface area (Å²) in [5.41, 5.74) is 2.33. The van der Waals surface area contributed by atoms with E-state index < -0.39 is 10.0 Å². The molecular formula is C26H35N3O5S. The number of rotatable bonds is 13. The van der Waals surface area contributed by atoms with Crippen LogP contribution in [0, 0.1) is 11.3 Å². The molecule has 8 nitrogen and oxygen atoms in total. The molecule has 0 bridgehead atoms. The van der Waals surface area contributed by atoms with E-state index in [4.69, 9.17) is 14.2 Å². The van der Waals surface area contributed by atoms with Gasteiger partial charge < -0.3 is 19.1 Å². The predicted octanol–water partition coefficient (Wildman–Crippen LogP) is 3.68. The number of methoxy groups -OCH3 is 1. The molecule has 1 N–H and O–H groups in total. The number of sulfonamides is 1. The van der Waals surface area contributed by atoms with Crippen LogP contribution in [0.3, 0.4) is 0 Å². The highest BCUT2D eigenvalue weighted by Crippen LogP contribution is 2.29. The summed E-state index contributed by atoms with van der Waals surface area (Å²) in [5, 5.41) is 11.7. The molecule has 0 amide bonds. The first-order valence-corrected chi connectivity index (χ1v) is 13.5. The van der Waals surface area contributed by atoms with Crippen molar-refractivity contribution in [3.63, 3.8) is 0 Å². The van der Waals surface area contributed by atoms with Gasteiger partial charge in [-0.15, -0.1) is 0 Å². The number of ether oxygens (including phenoxy) is 3. The van der Waals surface area contributed by atoms with Crippen LogP contribution >= 0.6 is 0 Å². The molecule has 35 heavy (non-hydrogen) atoms. The standard InChI is InChI=1S/C26H35N3O5S/c1-21(26(20-27)35(30,31)28-10-13-33-16-17-34-15-14-32-2)22-6-7-24-19-25(9-8-23(24)18-22)29-11-4-3-5-12-29/h6-9,18-19,28H,3-5,10-17H2,1-2H3. The first-order valence-electron chi connectivity index (χ1n) is 12.0. The molecule has 1 fully saturated rings. The number of nitrogens with one attached hydrogen (secondary N) is 1. The largest absolute Gasteiger partial charge is 0.382 e. The number of benzene rings is 2. The summed E-state index contributed by atoms with van der Waals surface area (Å²) in [6, 6.07) is 14.0. The molecule has 1 saturated heterocycles. The van der Waals surface area contributed by atoms with E-state index in [0.29, 0.717) is 37.6 Å². The summed E-state index contributed by atoms with van der Waals surface area (Å²) in [6.07, 6.45) is 3.72. The highest BCUT2D eigenvalue weighted by molar-refractivity contribution is 7.93. The summed E-state index contributed by atoms with van der Waals surface area (Å²) in [7, 11) is -2.36. The lowest BCUT2D eigenvalue weighted by Gasteiger charge is -2.29. The molecule has 1 heterocycles. The predicted molar refractivity (Wildman–Crippen MR) is 139 cm³/mol. The van der Waals surface area contributed by atoms with Crippen molar-refractivity contribution in [2.75, 3.05) is 64.7 Å². The first kappa shape index (κ1) is 27.1. The fraction of sp³-hybridized carbons (Fsp3) is 0.500. The van der Waals surface area contributed by atoms with Crippen molar-refractivity contribution in [2.24, 2.45) is 0 Å². The lowest BCUT2D eigenvalue weighted by molar-refractivity contribution is 0.0263. The second-order valence-electron chi connectivity index (χ2n) is 8.48. The normalized spacial score (nSPS) is 15.2. The zero-order chi connectivity index (χ0) is 25.1. The SMILES string of the molecule is COCCOCCOCCNS(=O)(=O)C(C#N)=C(C)c1ccc2cc(N3CCCCC3)ccc2c1. The highest BCUT2D eigenvalue weighted by atomic mass is 32.2. The molecule has 2 aromatic carbocycles. The maximum atomic E-state index is 12.8. The van der Waals surface area contributed by atoms with Gasteiger partial charge in [-0.3, -0.25) is 0 Å². The van der Waals surface area contributed by atoms with Crippen LogP contribution in [0.2, 0.25) is 0 Å². The van der Waals surface area contributed by atoms with Gasteiger partial charge in [0, 0.05) is 32.4 Å². The zero-order valence-corrected chi connectivity index (χ0v) is 21.4. The number of piperidine rings is 1. The van der Waals surface area contributed by atoms with Crippen molar-refractivity contribution in [3.05, 3.63) is 46.9 Å². The number of hydrogen-bond acceptors (Lipinski definition) is 7. The van der Waals surface area contributed by atoms with Crippen molar-refractivity contribution in [2.45, 2.75) is 26.2 Å². The van der Waals surface area contributed by atoms with E-state index in [1.165, 1.54) is 24.9 Å². The fourth-order valence-corrected chi connectivity index (χ4v) is 5.21. The van der Waals surface area contributed by atoms with Crippen LogP contribution in [0.15, 0.2) is 41.3 Å². The first-order chi connectivity index (χ1) is 17.0. The molecule has 0 saturated carbocycles. The number of allylic oxidation sites excluding steroid dienone is 2. The molecule has 0 atom stereocenters. The van der Waals surface area contributed by atoms with Gasteiger partial charge in [-0.2, -0.15) is 5.26 Å². The van der Waals surface area contributed by atoms with Gasteiger partial charge in [-0.25, -0.2) is 13.1 Å². The molecule has 9 heteroatoms. The highest BCUT2D eigenvalue weighted by Gasteiger charge is 2.21. The summed E-state index contributed by atoms with van der Waals surface area (Å²) in [6.45, 7) is 5.81. The number of hydrogen-bond donors (Lipinski definition) is 1. The third-order valence-corrected chi connectivity index (χ3v) is 7.55. The monoisotopic (exact) mass is 501 g/mol. The molecule has 190 valence electrons. The Hall–Kier alpha value is -2.48. The third-order valence-electron chi connectivity index (χ3n) is 6.03. The van der Waals surface area contributed by atoms with Crippen LogP contribution in [-0.4, -0.2) is 68.2 Å². The summed E-state index contributed by atoms with van der Waals surface area (Å²) < 4.78 is 43.5. The topological polar surface area (TPSA) is 101 Å². The summed E-state index contributed by atoms with van der Waals surface area (Å²) >= 11 is 0. The van der Waals surface area contributed by atoms with E-state index in [0.717, 1.165) is 23.9 Å². The Balaban J connectivity index is 1.63. The molecule has 2 aromatic rings. The number of nitrogens with zero attached hydrogens (tertiary/aromatic N) is 2. The van der Waals surface area contributed by atoms with E-state index in [2.05, 4.69) is 27.8 Å². The minimum atomic E-state index is -3.97. The molecule has 0 aromatic heterocycles. The lowest BCUT2D eigenvalue weighted by atomic mass is 10.0. The van der Waals surface area contributed by atoms with E-state index in [1.807, 2.05) is 24.3 Å². The van der Waals surface area contributed by atoms with Crippen molar-refractivity contribution in [1.82, 2.24) is 4.72 Å². The quantitative estimate of drug-likeness (QED) is 0.330. The van der Waals surface area contributed by atoms with Gasteiger partial charge in [-0.05, 0) is 66.3 Å². The van der Waals surface area contributed by atoms with E-state index in [9.17, 15) is 13.7 Å². The van der Waals surface area contributed by atoms with Crippen molar-refractivity contribution >= 4 is 32.1 Å². The minimum absolute atomic E-state index is 0.0653. The Bertz CT molecular complexity index is 1150. The second kappa shape index (κ2) is 13.6. The Morgan fingerprint density at radius 3 is 2.34 bits per heavy atom. The Kier molecular flexibility index (Phi) is 10.5. The summed E-state index contributed by atoms with van der Waals surface area (Å²) in [4.78, 5) is 2.12. The minimum Gasteiger partial charge on any atom is -0.382 e.